The molecule has 0 aliphatic rings. The van der Waals surface area contributed by atoms with Crippen molar-refractivity contribution >= 4 is 43.9 Å². The number of carbonyl (C=O) groups is 1. The van der Waals surface area contributed by atoms with Crippen LogP contribution < -0.4 is 10.0 Å². The van der Waals surface area contributed by atoms with Gasteiger partial charge in [0.05, 0.1) is 9.82 Å². The second kappa shape index (κ2) is 8.16. The van der Waals surface area contributed by atoms with Gasteiger partial charge in [0.25, 0.3) is 21.6 Å². The average molecular weight is 450 g/mol. The molecule has 0 saturated heterocycles. The van der Waals surface area contributed by atoms with Crippen LogP contribution in [0.15, 0.2) is 77.7 Å². The van der Waals surface area contributed by atoms with Gasteiger partial charge in [-0.15, -0.1) is 0 Å². The van der Waals surface area contributed by atoms with Gasteiger partial charge in [-0.2, -0.15) is 0 Å². The summed E-state index contributed by atoms with van der Waals surface area (Å²) in [5, 5.41) is 15.1. The summed E-state index contributed by atoms with van der Waals surface area (Å²) in [5.74, 6) is -0.930. The summed E-state index contributed by atoms with van der Waals surface area (Å²) in [6.45, 7) is 1.93. The number of H-pyrrole nitrogens is 1. The first kappa shape index (κ1) is 21.1. The number of aryl methyl sites for hydroxylation is 1. The maximum absolute atomic E-state index is 12.7. The molecule has 9 nitrogen and oxygen atoms in total. The van der Waals surface area contributed by atoms with E-state index in [0.717, 1.165) is 11.3 Å². The van der Waals surface area contributed by atoms with Crippen LogP contribution in [0.5, 0.6) is 0 Å². The molecule has 0 aliphatic heterocycles. The van der Waals surface area contributed by atoms with Crippen LogP contribution in [0.4, 0.5) is 17.1 Å². The summed E-state index contributed by atoms with van der Waals surface area (Å²) in [7, 11) is -4.10. The van der Waals surface area contributed by atoms with E-state index < -0.39 is 20.9 Å². The topological polar surface area (TPSA) is 134 Å². The highest BCUT2D eigenvalue weighted by Gasteiger charge is 2.23. The summed E-state index contributed by atoms with van der Waals surface area (Å²) in [5.41, 5.74) is 2.06. The largest absolute Gasteiger partial charge is 0.355 e. The van der Waals surface area contributed by atoms with Crippen LogP contribution in [0.3, 0.4) is 0 Å². The fourth-order valence-corrected chi connectivity index (χ4v) is 4.29. The molecule has 3 N–H and O–H groups in total. The summed E-state index contributed by atoms with van der Waals surface area (Å²) in [4.78, 5) is 26.2. The smallest absolute Gasteiger partial charge is 0.293 e. The van der Waals surface area contributed by atoms with Crippen LogP contribution in [-0.4, -0.2) is 24.2 Å². The first-order valence-electron chi connectivity index (χ1n) is 9.50. The zero-order valence-corrected chi connectivity index (χ0v) is 17.6. The molecule has 0 aliphatic carbocycles. The van der Waals surface area contributed by atoms with Gasteiger partial charge in [-0.1, -0.05) is 30.3 Å². The lowest BCUT2D eigenvalue weighted by molar-refractivity contribution is -0.383. The molecule has 4 rings (SSSR count). The fourth-order valence-electron chi connectivity index (χ4n) is 3.30. The number of anilines is 2. The minimum atomic E-state index is -4.10. The highest BCUT2D eigenvalue weighted by atomic mass is 32.2. The van der Waals surface area contributed by atoms with Gasteiger partial charge >= 0.3 is 0 Å². The molecule has 0 fully saturated rings. The Morgan fingerprint density at radius 1 is 1.00 bits per heavy atom. The first-order chi connectivity index (χ1) is 15.2. The molecule has 1 heterocycles. The number of non-ortho nitro benzene ring substituents is 1. The van der Waals surface area contributed by atoms with Crippen LogP contribution in [0.2, 0.25) is 0 Å². The normalized spacial score (nSPS) is 11.3. The molecule has 4 aromatic rings. The molecular weight excluding hydrogens is 432 g/mol. The summed E-state index contributed by atoms with van der Waals surface area (Å²) in [6.07, 6.45) is 0. The number of rotatable bonds is 6. The second-order valence-electron chi connectivity index (χ2n) is 7.10. The Bertz CT molecular complexity index is 1450. The Morgan fingerprint density at radius 2 is 1.75 bits per heavy atom. The lowest BCUT2D eigenvalue weighted by Crippen LogP contribution is -2.30. The quantitative estimate of drug-likeness (QED) is 0.297. The third-order valence-corrected chi connectivity index (χ3v) is 6.14. The first-order valence-corrected chi connectivity index (χ1v) is 11.0. The van der Waals surface area contributed by atoms with Crippen LogP contribution in [0.1, 0.15) is 16.1 Å². The molecule has 0 atom stereocenters. The van der Waals surface area contributed by atoms with E-state index in [1.165, 1.54) is 36.4 Å². The number of aromatic amines is 1. The van der Waals surface area contributed by atoms with Crippen molar-refractivity contribution in [1.29, 1.82) is 0 Å². The number of fused-ring (bicyclic) bond motifs is 1. The van der Waals surface area contributed by atoms with Gasteiger partial charge in [0.15, 0.2) is 0 Å². The van der Waals surface area contributed by atoms with Gasteiger partial charge in [-0.05, 0) is 48.9 Å². The number of carbonyl (C=O) groups excluding carboxylic acids is 1. The molecule has 1 amide bonds. The molecule has 0 bridgehead atoms. The van der Waals surface area contributed by atoms with Crippen LogP contribution >= 0.6 is 0 Å². The number of amides is 1. The molecule has 1 aromatic heterocycles. The summed E-state index contributed by atoms with van der Waals surface area (Å²) < 4.78 is 26.9. The van der Waals surface area contributed by atoms with Crippen LogP contribution in [-0.2, 0) is 10.0 Å². The second-order valence-corrected chi connectivity index (χ2v) is 8.79. The van der Waals surface area contributed by atoms with E-state index in [-0.39, 0.29) is 21.8 Å². The standard InChI is InChI=1S/C22H18N4O5S/c1-14-6-5-7-15(12-14)23-18-10-11-20(26(28)29)21-17(18)13-19(24-21)22(27)25-32(30,31)16-8-3-2-4-9-16/h2-13,23-24H,1H3,(H,25,27). The SMILES string of the molecule is Cc1cccc(Nc2ccc([N+](=O)[O-])c3[nH]c(C(=O)NS(=O)(=O)c4ccccc4)cc23)c1. The number of nitrogens with one attached hydrogen (secondary N) is 3. The van der Waals surface area contributed by atoms with E-state index in [1.807, 2.05) is 35.9 Å². The lowest BCUT2D eigenvalue weighted by atomic mass is 10.1. The molecule has 0 spiro atoms. The van der Waals surface area contributed by atoms with E-state index in [1.54, 1.807) is 12.1 Å². The van der Waals surface area contributed by atoms with E-state index in [2.05, 4.69) is 10.3 Å². The van der Waals surface area contributed by atoms with Crippen molar-refractivity contribution in [2.75, 3.05) is 5.32 Å². The highest BCUT2D eigenvalue weighted by molar-refractivity contribution is 7.90. The lowest BCUT2D eigenvalue weighted by Gasteiger charge is -2.08. The monoisotopic (exact) mass is 450 g/mol. The minimum absolute atomic E-state index is 0.0720. The highest BCUT2D eigenvalue weighted by Crippen LogP contribution is 2.33. The Balaban J connectivity index is 1.73. The van der Waals surface area contributed by atoms with E-state index in [4.69, 9.17) is 0 Å². The number of sulfonamides is 1. The predicted molar refractivity (Wildman–Crippen MR) is 121 cm³/mol. The maximum atomic E-state index is 12.7. The van der Waals surface area contributed by atoms with Gasteiger partial charge in [-0.3, -0.25) is 14.9 Å². The van der Waals surface area contributed by atoms with Gasteiger partial charge in [0.2, 0.25) is 0 Å². The van der Waals surface area contributed by atoms with Crippen molar-refractivity contribution in [2.45, 2.75) is 11.8 Å². The van der Waals surface area contributed by atoms with Crippen LogP contribution in [0.25, 0.3) is 10.9 Å². The Morgan fingerprint density at radius 3 is 2.44 bits per heavy atom. The van der Waals surface area contributed by atoms with Gasteiger partial charge < -0.3 is 10.3 Å². The number of aromatic nitrogens is 1. The molecule has 162 valence electrons. The van der Waals surface area contributed by atoms with Crippen molar-refractivity contribution in [3.63, 3.8) is 0 Å². The van der Waals surface area contributed by atoms with Gasteiger partial charge in [0, 0.05) is 22.8 Å². The van der Waals surface area contributed by atoms with E-state index in [9.17, 15) is 23.3 Å². The molecule has 3 aromatic carbocycles. The maximum Gasteiger partial charge on any atom is 0.293 e. The van der Waals surface area contributed by atoms with E-state index >= 15 is 0 Å². The number of benzene rings is 3. The van der Waals surface area contributed by atoms with Crippen molar-refractivity contribution in [3.8, 4) is 0 Å². The minimum Gasteiger partial charge on any atom is -0.355 e. The Labute approximate surface area is 183 Å². The van der Waals surface area contributed by atoms with Crippen molar-refractivity contribution in [1.82, 2.24) is 9.71 Å². The van der Waals surface area contributed by atoms with E-state index in [0.29, 0.717) is 11.1 Å². The number of nitrogens with zero attached hydrogens (tertiary/aromatic N) is 1. The Hall–Kier alpha value is -4.18. The van der Waals surface area contributed by atoms with Crippen LogP contribution in [0, 0.1) is 17.0 Å². The zero-order chi connectivity index (χ0) is 22.9. The Kier molecular flexibility index (Phi) is 5.37. The number of nitro groups is 1. The third kappa shape index (κ3) is 4.16. The number of nitro benzene ring substituents is 1. The van der Waals surface area contributed by atoms with Gasteiger partial charge in [-0.25, -0.2) is 13.1 Å². The predicted octanol–water partition coefficient (Wildman–Crippen LogP) is 4.25. The number of hydrogen-bond acceptors (Lipinski definition) is 6. The number of hydrogen-bond donors (Lipinski definition) is 3. The molecular formula is C22H18N4O5S. The summed E-state index contributed by atoms with van der Waals surface area (Å²) >= 11 is 0. The van der Waals surface area contributed by atoms with Crippen molar-refractivity contribution in [2.24, 2.45) is 0 Å². The van der Waals surface area contributed by atoms with Gasteiger partial charge in [0.1, 0.15) is 11.2 Å². The third-order valence-electron chi connectivity index (χ3n) is 4.79. The molecule has 0 radical (unpaired) electrons. The van der Waals surface area contributed by atoms with Crippen molar-refractivity contribution in [3.05, 3.63) is 94.2 Å². The summed E-state index contributed by atoms with van der Waals surface area (Å²) in [6, 6.07) is 19.2. The molecule has 32 heavy (non-hydrogen) atoms. The molecule has 0 saturated carbocycles. The fraction of sp³-hybridized carbons (Fsp3) is 0.0455. The molecule has 10 heteroatoms. The zero-order valence-electron chi connectivity index (χ0n) is 16.8. The van der Waals surface area contributed by atoms with Crippen molar-refractivity contribution < 1.29 is 18.1 Å². The molecule has 0 unspecified atom stereocenters. The average Bonchev–Trinajstić information content (AvgIpc) is 3.20.